The van der Waals surface area contributed by atoms with Crippen LogP contribution in [0.15, 0.2) is 18.2 Å². The Labute approximate surface area is 125 Å². The molecule has 1 aromatic rings. The van der Waals surface area contributed by atoms with Crippen LogP contribution in [-0.2, 0) is 4.74 Å². The lowest BCUT2D eigenvalue weighted by Crippen LogP contribution is -2.30. The lowest BCUT2D eigenvalue weighted by atomic mass is 10.0. The molecule has 0 aromatic heterocycles. The number of anilines is 1. The molecule has 21 heavy (non-hydrogen) atoms. The van der Waals surface area contributed by atoms with E-state index in [4.69, 9.17) is 9.47 Å². The molecule has 1 rings (SSSR count). The molecule has 1 aromatic carbocycles. The standard InChI is InChI=1S/C15H24N2O4/c1-5-9-21-14-8-6-7-12(15(14)17(18)19)16-13(10-20-4)11(2)3/h6-8,11,13,16H,5,9-10H2,1-4H3. The zero-order valence-electron chi connectivity index (χ0n) is 13.1. The second-order valence-corrected chi connectivity index (χ2v) is 5.21. The number of nitro benzene ring substituents is 1. The quantitative estimate of drug-likeness (QED) is 0.558. The SMILES string of the molecule is CCCOc1cccc(NC(COC)C(C)C)c1[N+](=O)[O-]. The van der Waals surface area contributed by atoms with E-state index in [1.807, 2.05) is 20.8 Å². The fraction of sp³-hybridized carbons (Fsp3) is 0.600. The van der Waals surface area contributed by atoms with Gasteiger partial charge in [-0.1, -0.05) is 26.8 Å². The summed E-state index contributed by atoms with van der Waals surface area (Å²) in [4.78, 5) is 11.0. The van der Waals surface area contributed by atoms with Crippen molar-refractivity contribution < 1.29 is 14.4 Å². The van der Waals surface area contributed by atoms with E-state index in [1.54, 1.807) is 25.3 Å². The lowest BCUT2D eigenvalue weighted by Gasteiger charge is -2.23. The van der Waals surface area contributed by atoms with Crippen molar-refractivity contribution in [2.45, 2.75) is 33.2 Å². The van der Waals surface area contributed by atoms with Gasteiger partial charge in [-0.05, 0) is 24.5 Å². The predicted molar refractivity (Wildman–Crippen MR) is 83.0 cm³/mol. The van der Waals surface area contributed by atoms with Crippen molar-refractivity contribution in [3.05, 3.63) is 28.3 Å². The van der Waals surface area contributed by atoms with Gasteiger partial charge in [0.2, 0.25) is 0 Å². The number of nitro groups is 1. The molecule has 6 heteroatoms. The van der Waals surface area contributed by atoms with Gasteiger partial charge in [0.15, 0.2) is 5.75 Å². The monoisotopic (exact) mass is 296 g/mol. The van der Waals surface area contributed by atoms with Crippen molar-refractivity contribution in [1.29, 1.82) is 0 Å². The highest BCUT2D eigenvalue weighted by atomic mass is 16.6. The zero-order valence-corrected chi connectivity index (χ0v) is 13.1. The van der Waals surface area contributed by atoms with Crippen LogP contribution in [-0.4, -0.2) is 31.3 Å². The second kappa shape index (κ2) is 8.46. The molecular weight excluding hydrogens is 272 g/mol. The van der Waals surface area contributed by atoms with E-state index >= 15 is 0 Å². The lowest BCUT2D eigenvalue weighted by molar-refractivity contribution is -0.385. The normalized spacial score (nSPS) is 12.2. The highest BCUT2D eigenvalue weighted by molar-refractivity contribution is 5.68. The summed E-state index contributed by atoms with van der Waals surface area (Å²) in [7, 11) is 1.62. The molecule has 0 radical (unpaired) electrons. The topological polar surface area (TPSA) is 73.6 Å². The van der Waals surface area contributed by atoms with Crippen molar-refractivity contribution in [3.63, 3.8) is 0 Å². The number of benzene rings is 1. The Morgan fingerprint density at radius 1 is 1.38 bits per heavy atom. The second-order valence-electron chi connectivity index (χ2n) is 5.21. The molecule has 0 bridgehead atoms. The average Bonchev–Trinajstić information content (AvgIpc) is 2.44. The summed E-state index contributed by atoms with van der Waals surface area (Å²) in [6.07, 6.45) is 0.799. The number of para-hydroxylation sites is 1. The van der Waals surface area contributed by atoms with Gasteiger partial charge in [0, 0.05) is 7.11 Å². The summed E-state index contributed by atoms with van der Waals surface area (Å²) in [6, 6.07) is 5.07. The minimum atomic E-state index is -0.405. The predicted octanol–water partition coefficient (Wildman–Crippen LogP) is 3.47. The maximum Gasteiger partial charge on any atom is 0.333 e. The first-order chi connectivity index (χ1) is 10.0. The first-order valence-electron chi connectivity index (χ1n) is 7.16. The molecule has 0 saturated carbocycles. The van der Waals surface area contributed by atoms with Crippen LogP contribution in [0, 0.1) is 16.0 Å². The molecule has 1 unspecified atom stereocenters. The Kier molecular flexibility index (Phi) is 6.94. The number of methoxy groups -OCH3 is 1. The number of ether oxygens (including phenoxy) is 2. The Hall–Kier alpha value is -1.82. The van der Waals surface area contributed by atoms with Gasteiger partial charge in [-0.2, -0.15) is 0 Å². The van der Waals surface area contributed by atoms with Crippen LogP contribution >= 0.6 is 0 Å². The van der Waals surface area contributed by atoms with E-state index in [1.165, 1.54) is 0 Å². The largest absolute Gasteiger partial charge is 0.487 e. The van der Waals surface area contributed by atoms with Crippen LogP contribution in [0.1, 0.15) is 27.2 Å². The van der Waals surface area contributed by atoms with Crippen molar-refractivity contribution in [2.24, 2.45) is 5.92 Å². The zero-order chi connectivity index (χ0) is 15.8. The summed E-state index contributed by atoms with van der Waals surface area (Å²) < 4.78 is 10.6. The Morgan fingerprint density at radius 2 is 2.10 bits per heavy atom. The molecular formula is C15H24N2O4. The summed E-state index contributed by atoms with van der Waals surface area (Å²) in [5.74, 6) is 0.580. The molecule has 0 aliphatic carbocycles. The first-order valence-corrected chi connectivity index (χ1v) is 7.16. The van der Waals surface area contributed by atoms with Crippen LogP contribution in [0.25, 0.3) is 0 Å². The Bertz CT molecular complexity index is 463. The van der Waals surface area contributed by atoms with E-state index < -0.39 is 4.92 Å². The highest BCUT2D eigenvalue weighted by Crippen LogP contribution is 2.35. The molecule has 0 aliphatic rings. The van der Waals surface area contributed by atoms with Crippen molar-refractivity contribution >= 4 is 11.4 Å². The minimum Gasteiger partial charge on any atom is -0.487 e. The number of nitrogens with zero attached hydrogens (tertiary/aromatic N) is 1. The number of hydrogen-bond donors (Lipinski definition) is 1. The molecule has 1 atom stereocenters. The highest BCUT2D eigenvalue weighted by Gasteiger charge is 2.24. The van der Waals surface area contributed by atoms with E-state index in [0.717, 1.165) is 6.42 Å². The molecule has 1 N–H and O–H groups in total. The maximum absolute atomic E-state index is 11.4. The summed E-state index contributed by atoms with van der Waals surface area (Å²) in [6.45, 7) is 6.98. The van der Waals surface area contributed by atoms with Gasteiger partial charge in [-0.3, -0.25) is 10.1 Å². The van der Waals surface area contributed by atoms with Gasteiger partial charge in [0.1, 0.15) is 5.69 Å². The number of rotatable bonds is 9. The third-order valence-corrected chi connectivity index (χ3v) is 3.14. The van der Waals surface area contributed by atoms with Crippen LogP contribution in [0.3, 0.4) is 0 Å². The van der Waals surface area contributed by atoms with Gasteiger partial charge in [-0.15, -0.1) is 0 Å². The van der Waals surface area contributed by atoms with Crippen molar-refractivity contribution in [2.75, 3.05) is 25.6 Å². The third kappa shape index (κ3) is 4.90. The van der Waals surface area contributed by atoms with Crippen LogP contribution in [0.5, 0.6) is 5.75 Å². The fourth-order valence-corrected chi connectivity index (χ4v) is 1.94. The van der Waals surface area contributed by atoms with Gasteiger partial charge in [-0.25, -0.2) is 0 Å². The molecule has 0 spiro atoms. The summed E-state index contributed by atoms with van der Waals surface area (Å²) in [5, 5.41) is 14.6. The van der Waals surface area contributed by atoms with Gasteiger partial charge < -0.3 is 14.8 Å². The average molecular weight is 296 g/mol. The molecule has 0 fully saturated rings. The van der Waals surface area contributed by atoms with E-state index in [9.17, 15) is 10.1 Å². The van der Waals surface area contributed by atoms with Gasteiger partial charge in [0.25, 0.3) is 0 Å². The first kappa shape index (κ1) is 17.2. The van der Waals surface area contributed by atoms with Gasteiger partial charge >= 0.3 is 5.69 Å². The van der Waals surface area contributed by atoms with Crippen LogP contribution in [0.2, 0.25) is 0 Å². The molecule has 6 nitrogen and oxygen atoms in total. The molecule has 118 valence electrons. The number of hydrogen-bond acceptors (Lipinski definition) is 5. The van der Waals surface area contributed by atoms with E-state index in [2.05, 4.69) is 5.32 Å². The fourth-order valence-electron chi connectivity index (χ4n) is 1.94. The summed E-state index contributed by atoms with van der Waals surface area (Å²) >= 11 is 0. The van der Waals surface area contributed by atoms with Crippen LogP contribution in [0.4, 0.5) is 11.4 Å². The van der Waals surface area contributed by atoms with E-state index in [-0.39, 0.29) is 17.6 Å². The van der Waals surface area contributed by atoms with Crippen molar-refractivity contribution in [3.8, 4) is 5.75 Å². The minimum absolute atomic E-state index is 0.00451. The number of nitrogens with one attached hydrogen (secondary N) is 1. The molecule has 0 heterocycles. The van der Waals surface area contributed by atoms with Crippen molar-refractivity contribution in [1.82, 2.24) is 0 Å². The smallest absolute Gasteiger partial charge is 0.333 e. The van der Waals surface area contributed by atoms with Gasteiger partial charge in [0.05, 0.1) is 24.2 Å². The molecule has 0 saturated heterocycles. The van der Waals surface area contributed by atoms with Crippen LogP contribution < -0.4 is 10.1 Å². The Morgan fingerprint density at radius 3 is 2.62 bits per heavy atom. The maximum atomic E-state index is 11.4. The van der Waals surface area contributed by atoms with E-state index in [0.29, 0.717) is 24.7 Å². The molecule has 0 amide bonds. The molecule has 0 aliphatic heterocycles. The summed E-state index contributed by atoms with van der Waals surface area (Å²) in [5.41, 5.74) is 0.442. The third-order valence-electron chi connectivity index (χ3n) is 3.14. The Balaban J connectivity index is 3.07.